The number of aromatic amines is 1. The second kappa shape index (κ2) is 6.86. The zero-order chi connectivity index (χ0) is 16.2. The lowest BCUT2D eigenvalue weighted by molar-refractivity contribution is -0.135. The maximum atomic E-state index is 12.5. The molecule has 1 aliphatic rings. The molecule has 0 radical (unpaired) electrons. The average molecular weight is 313 g/mol. The number of fused-ring (bicyclic) bond motifs is 1. The molecule has 2 N–H and O–H groups in total. The molecule has 2 aromatic rings. The Balaban J connectivity index is 1.59. The highest BCUT2D eigenvalue weighted by atomic mass is 16.2. The van der Waals surface area contributed by atoms with Crippen LogP contribution in [0.5, 0.6) is 0 Å². The lowest BCUT2D eigenvalue weighted by Gasteiger charge is -2.31. The molecular weight excluding hydrogens is 290 g/mol. The lowest BCUT2D eigenvalue weighted by atomic mass is 9.95. The summed E-state index contributed by atoms with van der Waals surface area (Å²) in [7, 11) is 0. The number of H-pyrrole nitrogens is 1. The number of nitrogens with zero attached hydrogens (tertiary/aromatic N) is 1. The third-order valence-corrected chi connectivity index (χ3v) is 4.59. The van der Waals surface area contributed by atoms with Crippen molar-refractivity contribution in [3.8, 4) is 0 Å². The predicted molar refractivity (Wildman–Crippen MR) is 90.0 cm³/mol. The number of likely N-dealkylation sites (tertiary alicyclic amines) is 1. The second-order valence-electron chi connectivity index (χ2n) is 6.09. The van der Waals surface area contributed by atoms with Gasteiger partial charge in [0.2, 0.25) is 11.8 Å². The van der Waals surface area contributed by atoms with Gasteiger partial charge in [-0.05, 0) is 31.4 Å². The number of hydrogen-bond donors (Lipinski definition) is 2. The number of aromatic nitrogens is 1. The van der Waals surface area contributed by atoms with Crippen LogP contribution < -0.4 is 5.32 Å². The Morgan fingerprint density at radius 3 is 2.74 bits per heavy atom. The number of carbonyl (C=O) groups is 2. The second-order valence-corrected chi connectivity index (χ2v) is 6.09. The highest BCUT2D eigenvalue weighted by Crippen LogP contribution is 2.21. The molecule has 2 heterocycles. The molecule has 5 nitrogen and oxygen atoms in total. The third kappa shape index (κ3) is 3.38. The van der Waals surface area contributed by atoms with E-state index in [1.54, 1.807) is 0 Å². The fourth-order valence-corrected chi connectivity index (χ4v) is 3.26. The van der Waals surface area contributed by atoms with Gasteiger partial charge in [0.1, 0.15) is 0 Å². The summed E-state index contributed by atoms with van der Waals surface area (Å²) in [6, 6.07) is 8.02. The van der Waals surface area contributed by atoms with E-state index in [4.69, 9.17) is 0 Å². The van der Waals surface area contributed by atoms with E-state index in [-0.39, 0.29) is 17.7 Å². The van der Waals surface area contributed by atoms with Crippen LogP contribution in [0.2, 0.25) is 0 Å². The summed E-state index contributed by atoms with van der Waals surface area (Å²) in [6.45, 7) is 3.93. The van der Waals surface area contributed by atoms with E-state index >= 15 is 0 Å². The van der Waals surface area contributed by atoms with Gasteiger partial charge in [0.15, 0.2) is 0 Å². The molecule has 1 saturated heterocycles. The Morgan fingerprint density at radius 2 is 2.00 bits per heavy atom. The third-order valence-electron chi connectivity index (χ3n) is 4.59. The molecule has 0 atom stereocenters. The van der Waals surface area contributed by atoms with Crippen molar-refractivity contribution in [3.05, 3.63) is 36.0 Å². The van der Waals surface area contributed by atoms with Crippen molar-refractivity contribution in [3.63, 3.8) is 0 Å². The number of piperidine rings is 1. The van der Waals surface area contributed by atoms with E-state index in [9.17, 15) is 9.59 Å². The highest BCUT2D eigenvalue weighted by molar-refractivity contribution is 5.89. The quantitative estimate of drug-likeness (QED) is 0.907. The molecule has 0 bridgehead atoms. The van der Waals surface area contributed by atoms with Gasteiger partial charge in [0.05, 0.1) is 6.42 Å². The Labute approximate surface area is 136 Å². The van der Waals surface area contributed by atoms with Crippen molar-refractivity contribution in [1.29, 1.82) is 0 Å². The summed E-state index contributed by atoms with van der Waals surface area (Å²) in [5, 5.41) is 3.98. The van der Waals surface area contributed by atoms with Gasteiger partial charge in [0, 0.05) is 42.7 Å². The summed E-state index contributed by atoms with van der Waals surface area (Å²) in [5.74, 6) is 0.312. The van der Waals surface area contributed by atoms with Crippen molar-refractivity contribution < 1.29 is 9.59 Å². The predicted octanol–water partition coefficient (Wildman–Crippen LogP) is 2.09. The molecule has 122 valence electrons. The minimum absolute atomic E-state index is 0.0482. The van der Waals surface area contributed by atoms with Gasteiger partial charge in [-0.15, -0.1) is 0 Å². The molecule has 5 heteroatoms. The van der Waals surface area contributed by atoms with Gasteiger partial charge < -0.3 is 15.2 Å². The van der Waals surface area contributed by atoms with Crippen LogP contribution in [-0.4, -0.2) is 41.3 Å². The van der Waals surface area contributed by atoms with Crippen LogP contribution in [0, 0.1) is 5.92 Å². The summed E-state index contributed by atoms with van der Waals surface area (Å²) in [6.07, 6.45) is 3.84. The van der Waals surface area contributed by atoms with E-state index in [1.807, 2.05) is 42.3 Å². The largest absolute Gasteiger partial charge is 0.361 e. The highest BCUT2D eigenvalue weighted by Gasteiger charge is 2.27. The number of carbonyl (C=O) groups excluding carboxylic acids is 2. The van der Waals surface area contributed by atoms with E-state index in [2.05, 4.69) is 10.3 Å². The zero-order valence-corrected chi connectivity index (χ0v) is 13.5. The molecule has 23 heavy (non-hydrogen) atoms. The van der Waals surface area contributed by atoms with Crippen molar-refractivity contribution in [2.75, 3.05) is 19.6 Å². The van der Waals surface area contributed by atoms with Gasteiger partial charge >= 0.3 is 0 Å². The normalized spacial score (nSPS) is 15.8. The van der Waals surface area contributed by atoms with Gasteiger partial charge in [-0.25, -0.2) is 0 Å². The number of hydrogen-bond acceptors (Lipinski definition) is 2. The first-order chi connectivity index (χ1) is 11.2. The van der Waals surface area contributed by atoms with Gasteiger partial charge in [-0.2, -0.15) is 0 Å². The van der Waals surface area contributed by atoms with Crippen LogP contribution in [0.3, 0.4) is 0 Å². The van der Waals surface area contributed by atoms with E-state index in [0.29, 0.717) is 26.1 Å². The van der Waals surface area contributed by atoms with Crippen molar-refractivity contribution >= 4 is 22.7 Å². The Kier molecular flexibility index (Phi) is 4.65. The number of benzene rings is 1. The fraction of sp³-hybridized carbons (Fsp3) is 0.444. The molecule has 3 rings (SSSR count). The fourth-order valence-electron chi connectivity index (χ4n) is 3.26. The first kappa shape index (κ1) is 15.6. The maximum Gasteiger partial charge on any atom is 0.227 e. The van der Waals surface area contributed by atoms with Crippen LogP contribution in [0.25, 0.3) is 10.9 Å². The Bertz CT molecular complexity index is 699. The van der Waals surface area contributed by atoms with Gasteiger partial charge in [-0.3, -0.25) is 9.59 Å². The molecule has 0 unspecified atom stereocenters. The molecule has 1 fully saturated rings. The Hall–Kier alpha value is -2.30. The van der Waals surface area contributed by atoms with Crippen LogP contribution in [0.4, 0.5) is 0 Å². The smallest absolute Gasteiger partial charge is 0.227 e. The van der Waals surface area contributed by atoms with Crippen LogP contribution in [-0.2, 0) is 16.0 Å². The molecule has 0 saturated carbocycles. The number of para-hydroxylation sites is 1. The SMILES string of the molecule is CCNC(=O)C1CCN(C(=O)Cc2c[nH]c3ccccc23)CC1. The molecule has 1 aromatic heterocycles. The summed E-state index contributed by atoms with van der Waals surface area (Å²) >= 11 is 0. The van der Waals surface area contributed by atoms with Crippen molar-refractivity contribution in [1.82, 2.24) is 15.2 Å². The van der Waals surface area contributed by atoms with Gasteiger partial charge in [0.25, 0.3) is 0 Å². The van der Waals surface area contributed by atoms with E-state index in [1.165, 1.54) is 0 Å². The molecule has 1 aromatic carbocycles. The lowest BCUT2D eigenvalue weighted by Crippen LogP contribution is -2.43. The summed E-state index contributed by atoms with van der Waals surface area (Å²) in [5.41, 5.74) is 2.10. The first-order valence-corrected chi connectivity index (χ1v) is 8.29. The minimum Gasteiger partial charge on any atom is -0.361 e. The molecule has 0 spiro atoms. The van der Waals surface area contributed by atoms with Crippen LogP contribution in [0.15, 0.2) is 30.5 Å². The minimum atomic E-state index is 0.0482. The molecule has 2 amide bonds. The number of amides is 2. The van der Waals surface area contributed by atoms with Crippen molar-refractivity contribution in [2.24, 2.45) is 5.92 Å². The number of rotatable bonds is 4. The van der Waals surface area contributed by atoms with Gasteiger partial charge in [-0.1, -0.05) is 18.2 Å². The standard InChI is InChI=1S/C18H23N3O2/c1-2-19-18(23)13-7-9-21(10-8-13)17(22)11-14-12-20-16-6-4-3-5-15(14)16/h3-6,12-13,20H,2,7-11H2,1H3,(H,19,23). The maximum absolute atomic E-state index is 12.5. The van der Waals surface area contributed by atoms with E-state index < -0.39 is 0 Å². The topological polar surface area (TPSA) is 65.2 Å². The average Bonchev–Trinajstić information content (AvgIpc) is 2.98. The zero-order valence-electron chi connectivity index (χ0n) is 13.5. The molecule has 1 aliphatic heterocycles. The summed E-state index contributed by atoms with van der Waals surface area (Å²) < 4.78 is 0. The van der Waals surface area contributed by atoms with Crippen LogP contribution >= 0.6 is 0 Å². The van der Waals surface area contributed by atoms with Crippen molar-refractivity contribution in [2.45, 2.75) is 26.2 Å². The Morgan fingerprint density at radius 1 is 1.26 bits per heavy atom. The monoisotopic (exact) mass is 313 g/mol. The van der Waals surface area contributed by atoms with Crippen LogP contribution in [0.1, 0.15) is 25.3 Å². The first-order valence-electron chi connectivity index (χ1n) is 8.29. The van der Waals surface area contributed by atoms with E-state index in [0.717, 1.165) is 29.3 Å². The molecular formula is C18H23N3O2. The number of nitrogens with one attached hydrogen (secondary N) is 2. The molecule has 0 aliphatic carbocycles. The summed E-state index contributed by atoms with van der Waals surface area (Å²) in [4.78, 5) is 29.5.